The molecule has 112 valence electrons. The second kappa shape index (κ2) is 6.56. The van der Waals surface area contributed by atoms with Crippen LogP contribution in [0.4, 0.5) is 4.39 Å². The fourth-order valence-corrected chi connectivity index (χ4v) is 2.83. The Hall–Kier alpha value is -1.43. The number of aryl methyl sites for hydroxylation is 1. The third-order valence-electron chi connectivity index (χ3n) is 2.93. The van der Waals surface area contributed by atoms with E-state index in [9.17, 15) is 12.8 Å². The van der Waals surface area contributed by atoms with Gasteiger partial charge in [-0.15, -0.1) is 0 Å². The van der Waals surface area contributed by atoms with Crippen molar-refractivity contribution in [2.75, 3.05) is 6.61 Å². The van der Waals surface area contributed by atoms with Crippen molar-refractivity contribution in [1.82, 2.24) is 0 Å². The van der Waals surface area contributed by atoms with Crippen LogP contribution in [0.5, 0.6) is 0 Å². The summed E-state index contributed by atoms with van der Waals surface area (Å²) in [4.78, 5) is 0.0877. The van der Waals surface area contributed by atoms with Gasteiger partial charge in [0.05, 0.1) is 11.5 Å². The van der Waals surface area contributed by atoms with E-state index in [1.807, 2.05) is 6.92 Å². The molecule has 0 aliphatic rings. The van der Waals surface area contributed by atoms with E-state index < -0.39 is 15.9 Å². The summed E-state index contributed by atoms with van der Waals surface area (Å²) in [5, 5.41) is 0.296. The van der Waals surface area contributed by atoms with E-state index in [0.29, 0.717) is 10.6 Å². The minimum Gasteiger partial charge on any atom is -0.266 e. The Morgan fingerprint density at radius 1 is 1.14 bits per heavy atom. The van der Waals surface area contributed by atoms with Crippen LogP contribution in [0, 0.1) is 12.7 Å². The van der Waals surface area contributed by atoms with Gasteiger partial charge in [-0.2, -0.15) is 8.42 Å². The molecule has 2 rings (SSSR count). The summed E-state index contributed by atoms with van der Waals surface area (Å²) in [6.07, 6.45) is 0.147. The van der Waals surface area contributed by atoms with Crippen LogP contribution < -0.4 is 0 Å². The Morgan fingerprint density at radius 2 is 1.81 bits per heavy atom. The zero-order valence-electron chi connectivity index (χ0n) is 11.3. The van der Waals surface area contributed by atoms with Gasteiger partial charge in [0.25, 0.3) is 10.1 Å². The number of hydrogen-bond donors (Lipinski definition) is 0. The minimum atomic E-state index is -3.82. The summed E-state index contributed by atoms with van der Waals surface area (Å²) < 4.78 is 42.3. The third kappa shape index (κ3) is 4.27. The van der Waals surface area contributed by atoms with E-state index in [1.165, 1.54) is 24.3 Å². The highest BCUT2D eigenvalue weighted by atomic mass is 35.5. The molecular formula is C15H14ClFO3S. The van der Waals surface area contributed by atoms with E-state index in [1.54, 1.807) is 18.2 Å². The Morgan fingerprint density at radius 3 is 2.43 bits per heavy atom. The molecule has 0 radical (unpaired) electrons. The third-order valence-corrected chi connectivity index (χ3v) is 4.50. The van der Waals surface area contributed by atoms with Crippen molar-refractivity contribution in [2.45, 2.75) is 18.2 Å². The van der Waals surface area contributed by atoms with Crippen LogP contribution >= 0.6 is 11.6 Å². The molecule has 3 nitrogen and oxygen atoms in total. The van der Waals surface area contributed by atoms with E-state index in [2.05, 4.69) is 0 Å². The van der Waals surface area contributed by atoms with Gasteiger partial charge in [0.15, 0.2) is 0 Å². The number of benzene rings is 2. The lowest BCUT2D eigenvalue weighted by Gasteiger charge is -2.07. The molecular weight excluding hydrogens is 315 g/mol. The lowest BCUT2D eigenvalue weighted by molar-refractivity contribution is 0.320. The highest BCUT2D eigenvalue weighted by Gasteiger charge is 2.15. The first-order chi connectivity index (χ1) is 9.88. The van der Waals surface area contributed by atoms with Crippen molar-refractivity contribution in [3.05, 3.63) is 64.4 Å². The fourth-order valence-electron chi connectivity index (χ4n) is 1.76. The molecule has 0 atom stereocenters. The van der Waals surface area contributed by atoms with Crippen LogP contribution in [0.1, 0.15) is 11.1 Å². The maximum Gasteiger partial charge on any atom is 0.296 e. The second-order valence-corrected chi connectivity index (χ2v) is 6.63. The maximum atomic E-state index is 13.5. The van der Waals surface area contributed by atoms with Gasteiger partial charge in [0, 0.05) is 11.4 Å². The number of rotatable bonds is 5. The fraction of sp³-hybridized carbons (Fsp3) is 0.200. The zero-order valence-corrected chi connectivity index (χ0v) is 12.9. The average Bonchev–Trinajstić information content (AvgIpc) is 2.41. The average molecular weight is 329 g/mol. The molecule has 2 aromatic rings. The molecule has 6 heteroatoms. The Balaban J connectivity index is 2.00. The number of hydrogen-bond acceptors (Lipinski definition) is 3. The Labute approximate surface area is 128 Å². The molecule has 0 amide bonds. The molecule has 21 heavy (non-hydrogen) atoms. The highest BCUT2D eigenvalue weighted by Crippen LogP contribution is 2.17. The summed E-state index contributed by atoms with van der Waals surface area (Å²) in [5.74, 6) is -0.473. The molecule has 0 heterocycles. The number of halogens is 2. The summed E-state index contributed by atoms with van der Waals surface area (Å²) in [5.41, 5.74) is 1.32. The SMILES string of the molecule is Cc1ccc(S(=O)(=O)OCCc2ccc(Cl)cc2F)cc1. The lowest BCUT2D eigenvalue weighted by atomic mass is 10.1. The van der Waals surface area contributed by atoms with Crippen molar-refractivity contribution >= 4 is 21.7 Å². The van der Waals surface area contributed by atoms with Gasteiger partial charge in [0.2, 0.25) is 0 Å². The standard InChI is InChI=1S/C15H14ClFO3S/c1-11-2-6-14(7-3-11)21(18,19)20-9-8-12-4-5-13(16)10-15(12)17/h2-7,10H,8-9H2,1H3. The molecule has 0 bridgehead atoms. The molecule has 0 saturated heterocycles. The van der Waals surface area contributed by atoms with Crippen LogP contribution in [0.15, 0.2) is 47.4 Å². The predicted molar refractivity (Wildman–Crippen MR) is 79.4 cm³/mol. The van der Waals surface area contributed by atoms with Gasteiger partial charge in [-0.25, -0.2) is 4.39 Å². The topological polar surface area (TPSA) is 43.4 Å². The molecule has 0 aliphatic heterocycles. The molecule has 0 fully saturated rings. The van der Waals surface area contributed by atoms with Crippen LogP contribution in [0.25, 0.3) is 0 Å². The van der Waals surface area contributed by atoms with Crippen LogP contribution in [0.3, 0.4) is 0 Å². The molecule has 0 N–H and O–H groups in total. The van der Waals surface area contributed by atoms with Gasteiger partial charge in [-0.3, -0.25) is 4.18 Å². The first-order valence-corrected chi connectivity index (χ1v) is 8.07. The molecule has 0 saturated carbocycles. The van der Waals surface area contributed by atoms with Gasteiger partial charge < -0.3 is 0 Å². The van der Waals surface area contributed by atoms with Gasteiger partial charge >= 0.3 is 0 Å². The van der Waals surface area contributed by atoms with Gasteiger partial charge in [-0.1, -0.05) is 35.4 Å². The zero-order chi connectivity index (χ0) is 15.5. The molecule has 2 aromatic carbocycles. The summed E-state index contributed by atoms with van der Waals surface area (Å²) >= 11 is 5.65. The molecule has 0 aromatic heterocycles. The van der Waals surface area contributed by atoms with E-state index in [-0.39, 0.29) is 17.9 Å². The molecule has 0 spiro atoms. The van der Waals surface area contributed by atoms with Crippen molar-refractivity contribution in [2.24, 2.45) is 0 Å². The normalized spacial score (nSPS) is 11.6. The van der Waals surface area contributed by atoms with Crippen molar-refractivity contribution in [1.29, 1.82) is 0 Å². The Bertz CT molecular complexity index is 727. The second-order valence-electron chi connectivity index (χ2n) is 4.57. The highest BCUT2D eigenvalue weighted by molar-refractivity contribution is 7.86. The minimum absolute atomic E-state index is 0.0877. The Kier molecular flexibility index (Phi) is 4.98. The first-order valence-electron chi connectivity index (χ1n) is 6.28. The molecule has 0 unspecified atom stereocenters. The summed E-state index contributed by atoms with van der Waals surface area (Å²) in [7, 11) is -3.82. The van der Waals surface area contributed by atoms with Crippen LogP contribution in [-0.4, -0.2) is 15.0 Å². The van der Waals surface area contributed by atoms with Crippen molar-refractivity contribution in [3.8, 4) is 0 Å². The predicted octanol–water partition coefficient (Wildman–Crippen LogP) is 3.74. The monoisotopic (exact) mass is 328 g/mol. The smallest absolute Gasteiger partial charge is 0.266 e. The van der Waals surface area contributed by atoms with Crippen molar-refractivity contribution in [3.63, 3.8) is 0 Å². The van der Waals surface area contributed by atoms with E-state index >= 15 is 0 Å². The lowest BCUT2D eigenvalue weighted by Crippen LogP contribution is -2.09. The summed E-state index contributed by atoms with van der Waals surface area (Å²) in [6, 6.07) is 10.6. The van der Waals surface area contributed by atoms with Crippen molar-refractivity contribution < 1.29 is 17.0 Å². The molecule has 0 aliphatic carbocycles. The van der Waals surface area contributed by atoms with Crippen LogP contribution in [0.2, 0.25) is 5.02 Å². The largest absolute Gasteiger partial charge is 0.296 e. The summed E-state index contributed by atoms with van der Waals surface area (Å²) in [6.45, 7) is 1.73. The van der Waals surface area contributed by atoms with Gasteiger partial charge in [-0.05, 0) is 36.8 Å². The van der Waals surface area contributed by atoms with Gasteiger partial charge in [0.1, 0.15) is 5.82 Å². The first kappa shape index (κ1) is 15.9. The van der Waals surface area contributed by atoms with Crippen LogP contribution in [-0.2, 0) is 20.7 Å². The quantitative estimate of drug-likeness (QED) is 0.785. The van der Waals surface area contributed by atoms with E-state index in [0.717, 1.165) is 5.56 Å². The van der Waals surface area contributed by atoms with E-state index in [4.69, 9.17) is 15.8 Å². The maximum absolute atomic E-state index is 13.5.